The molecule has 7 heteroatoms. The molecule has 33 heavy (non-hydrogen) atoms. The van der Waals surface area contributed by atoms with E-state index in [2.05, 4.69) is 22.1 Å². The van der Waals surface area contributed by atoms with Gasteiger partial charge in [-0.05, 0) is 43.0 Å². The molecule has 0 saturated heterocycles. The number of fused-ring (bicyclic) bond motifs is 1. The van der Waals surface area contributed by atoms with Crippen LogP contribution in [0.25, 0.3) is 10.8 Å². The predicted octanol–water partition coefficient (Wildman–Crippen LogP) is 5.80. The van der Waals surface area contributed by atoms with Crippen molar-refractivity contribution in [3.05, 3.63) is 90.8 Å². The molecule has 0 radical (unpaired) electrons. The molecule has 1 atom stereocenters. The number of hydrogen-bond acceptors (Lipinski definition) is 5. The Morgan fingerprint density at radius 1 is 1.15 bits per heavy atom. The van der Waals surface area contributed by atoms with Gasteiger partial charge in [0.15, 0.2) is 17.1 Å². The van der Waals surface area contributed by atoms with Crippen molar-refractivity contribution in [2.45, 2.75) is 31.7 Å². The number of hydrogen-bond donors (Lipinski definition) is 1. The second-order valence-corrected chi connectivity index (χ2v) is 8.62. The Balaban J connectivity index is 1.45. The molecule has 4 rings (SSSR count). The number of rotatable bonds is 9. The minimum atomic E-state index is -0.307. The van der Waals surface area contributed by atoms with Gasteiger partial charge in [-0.2, -0.15) is 0 Å². The van der Waals surface area contributed by atoms with Gasteiger partial charge in [0.1, 0.15) is 5.75 Å². The molecule has 1 heterocycles. The average molecular weight is 459 g/mol. The van der Waals surface area contributed by atoms with E-state index in [4.69, 9.17) is 4.74 Å². The number of benzene rings is 3. The first kappa shape index (κ1) is 22.6. The molecule has 168 valence electrons. The Bertz CT molecular complexity index is 1280. The van der Waals surface area contributed by atoms with Crippen LogP contribution in [0.5, 0.6) is 5.75 Å². The van der Waals surface area contributed by atoms with Crippen molar-refractivity contribution >= 4 is 34.1 Å². The fourth-order valence-electron chi connectivity index (χ4n) is 3.60. The topological polar surface area (TPSA) is 69.0 Å². The van der Waals surface area contributed by atoms with E-state index < -0.39 is 0 Å². The zero-order chi connectivity index (χ0) is 23.2. The third-order valence-corrected chi connectivity index (χ3v) is 6.09. The van der Waals surface area contributed by atoms with Gasteiger partial charge in [-0.1, -0.05) is 66.4 Å². The predicted molar refractivity (Wildman–Crippen MR) is 134 cm³/mol. The number of carbonyl (C=O) groups is 1. The second-order valence-electron chi connectivity index (χ2n) is 7.68. The van der Waals surface area contributed by atoms with Gasteiger partial charge in [-0.15, -0.1) is 16.8 Å². The van der Waals surface area contributed by atoms with Crippen molar-refractivity contribution in [1.29, 1.82) is 0 Å². The smallest absolute Gasteiger partial charge is 0.234 e. The maximum absolute atomic E-state index is 12.7. The van der Waals surface area contributed by atoms with Gasteiger partial charge in [-0.3, -0.25) is 9.36 Å². The van der Waals surface area contributed by atoms with Gasteiger partial charge in [0.25, 0.3) is 0 Å². The van der Waals surface area contributed by atoms with Crippen LogP contribution in [0.2, 0.25) is 0 Å². The minimum absolute atomic E-state index is 0.102. The van der Waals surface area contributed by atoms with Crippen LogP contribution in [-0.4, -0.2) is 26.4 Å². The normalized spacial score (nSPS) is 11.8. The number of anilines is 1. The Morgan fingerprint density at radius 3 is 2.76 bits per heavy atom. The summed E-state index contributed by atoms with van der Waals surface area (Å²) in [6.45, 7) is 8.33. The monoisotopic (exact) mass is 458 g/mol. The SMILES string of the molecule is C=CCn1c(SCC(=O)Nc2cccc3ccccc23)nnc1C(C)Oc1cccc(C)c1. The molecular weight excluding hydrogens is 432 g/mol. The molecule has 0 saturated carbocycles. The van der Waals surface area contributed by atoms with Crippen molar-refractivity contribution in [1.82, 2.24) is 14.8 Å². The van der Waals surface area contributed by atoms with Crippen LogP contribution in [0, 0.1) is 6.92 Å². The van der Waals surface area contributed by atoms with Crippen LogP contribution in [-0.2, 0) is 11.3 Å². The van der Waals surface area contributed by atoms with Crippen molar-refractivity contribution in [2.75, 3.05) is 11.1 Å². The molecule has 1 unspecified atom stereocenters. The Morgan fingerprint density at radius 2 is 1.94 bits per heavy atom. The first-order valence-electron chi connectivity index (χ1n) is 10.7. The van der Waals surface area contributed by atoms with Gasteiger partial charge >= 0.3 is 0 Å². The Hall–Kier alpha value is -3.58. The number of nitrogens with zero attached hydrogens (tertiary/aromatic N) is 3. The third kappa shape index (κ3) is 5.43. The molecule has 1 N–H and O–H groups in total. The van der Waals surface area contributed by atoms with Crippen LogP contribution in [0.1, 0.15) is 24.4 Å². The number of nitrogens with one attached hydrogen (secondary N) is 1. The Labute approximate surface area is 197 Å². The molecule has 1 amide bonds. The van der Waals surface area contributed by atoms with Crippen LogP contribution in [0.3, 0.4) is 0 Å². The maximum atomic E-state index is 12.7. The molecule has 0 aliphatic carbocycles. The highest BCUT2D eigenvalue weighted by Crippen LogP contribution is 2.26. The molecule has 0 aliphatic rings. The lowest BCUT2D eigenvalue weighted by atomic mass is 10.1. The number of allylic oxidation sites excluding steroid dienone is 1. The summed E-state index contributed by atoms with van der Waals surface area (Å²) in [6.07, 6.45) is 1.48. The molecule has 3 aromatic carbocycles. The van der Waals surface area contributed by atoms with Crippen LogP contribution in [0.4, 0.5) is 5.69 Å². The lowest BCUT2D eigenvalue weighted by Gasteiger charge is -2.16. The molecule has 1 aromatic heterocycles. The van der Waals surface area contributed by atoms with E-state index in [-0.39, 0.29) is 17.8 Å². The number of aryl methyl sites for hydroxylation is 1. The van der Waals surface area contributed by atoms with Crippen molar-refractivity contribution in [3.8, 4) is 5.75 Å². The fraction of sp³-hybridized carbons (Fsp3) is 0.192. The molecule has 4 aromatic rings. The highest BCUT2D eigenvalue weighted by molar-refractivity contribution is 7.99. The first-order chi connectivity index (χ1) is 16.0. The van der Waals surface area contributed by atoms with E-state index in [9.17, 15) is 4.79 Å². The fourth-order valence-corrected chi connectivity index (χ4v) is 4.36. The van der Waals surface area contributed by atoms with E-state index in [0.29, 0.717) is 17.5 Å². The number of carbonyl (C=O) groups excluding carboxylic acids is 1. The van der Waals surface area contributed by atoms with E-state index >= 15 is 0 Å². The molecular formula is C26H26N4O2S. The molecule has 0 aliphatic heterocycles. The van der Waals surface area contributed by atoms with Gasteiger partial charge < -0.3 is 10.1 Å². The lowest BCUT2D eigenvalue weighted by Crippen LogP contribution is -2.15. The standard InChI is InChI=1S/C26H26N4O2S/c1-4-15-30-25(19(3)32-21-12-7-9-18(2)16-21)28-29-26(30)33-17-24(31)27-23-14-8-11-20-10-5-6-13-22(20)23/h4-14,16,19H,1,15,17H2,2-3H3,(H,27,31). The third-order valence-electron chi connectivity index (χ3n) is 5.12. The van der Waals surface area contributed by atoms with Crippen LogP contribution < -0.4 is 10.1 Å². The number of thioether (sulfide) groups is 1. The first-order valence-corrected chi connectivity index (χ1v) is 11.7. The summed E-state index contributed by atoms with van der Waals surface area (Å²) in [5, 5.41) is 14.4. The molecule has 0 fully saturated rings. The second kappa shape index (κ2) is 10.4. The molecule has 0 bridgehead atoms. The van der Waals surface area contributed by atoms with Crippen LogP contribution >= 0.6 is 11.8 Å². The summed E-state index contributed by atoms with van der Waals surface area (Å²) in [5.41, 5.74) is 1.92. The van der Waals surface area contributed by atoms with Gasteiger partial charge in [0, 0.05) is 17.6 Å². The van der Waals surface area contributed by atoms with Crippen molar-refractivity contribution < 1.29 is 9.53 Å². The summed E-state index contributed by atoms with van der Waals surface area (Å²) >= 11 is 1.34. The van der Waals surface area contributed by atoms with E-state index in [0.717, 1.165) is 27.8 Å². The van der Waals surface area contributed by atoms with E-state index in [1.165, 1.54) is 11.8 Å². The molecule has 0 spiro atoms. The van der Waals surface area contributed by atoms with Crippen molar-refractivity contribution in [2.24, 2.45) is 0 Å². The summed E-state index contributed by atoms with van der Waals surface area (Å²) in [5.74, 6) is 1.58. The van der Waals surface area contributed by atoms with Gasteiger partial charge in [-0.25, -0.2) is 0 Å². The number of ether oxygens (including phenoxy) is 1. The number of aromatic nitrogens is 3. The molecule has 6 nitrogen and oxygen atoms in total. The highest BCUT2D eigenvalue weighted by Gasteiger charge is 2.20. The van der Waals surface area contributed by atoms with E-state index in [1.54, 1.807) is 6.08 Å². The van der Waals surface area contributed by atoms with E-state index in [1.807, 2.05) is 85.1 Å². The van der Waals surface area contributed by atoms with Crippen molar-refractivity contribution in [3.63, 3.8) is 0 Å². The Kier molecular flexibility index (Phi) is 7.10. The summed E-state index contributed by atoms with van der Waals surface area (Å²) in [7, 11) is 0. The minimum Gasteiger partial charge on any atom is -0.483 e. The van der Waals surface area contributed by atoms with Gasteiger partial charge in [0.05, 0.1) is 5.75 Å². The zero-order valence-electron chi connectivity index (χ0n) is 18.7. The summed E-state index contributed by atoms with van der Waals surface area (Å²) < 4.78 is 8.01. The summed E-state index contributed by atoms with van der Waals surface area (Å²) in [6, 6.07) is 21.7. The quantitative estimate of drug-likeness (QED) is 0.254. The maximum Gasteiger partial charge on any atom is 0.234 e. The lowest BCUT2D eigenvalue weighted by molar-refractivity contribution is -0.113. The largest absolute Gasteiger partial charge is 0.483 e. The number of amides is 1. The zero-order valence-corrected chi connectivity index (χ0v) is 19.5. The highest BCUT2D eigenvalue weighted by atomic mass is 32.2. The van der Waals surface area contributed by atoms with Crippen LogP contribution in [0.15, 0.2) is 84.5 Å². The summed E-state index contributed by atoms with van der Waals surface area (Å²) in [4.78, 5) is 12.7. The van der Waals surface area contributed by atoms with Gasteiger partial charge in [0.2, 0.25) is 5.91 Å². The average Bonchev–Trinajstić information content (AvgIpc) is 3.21.